The van der Waals surface area contributed by atoms with E-state index in [9.17, 15) is 29.7 Å². The summed E-state index contributed by atoms with van der Waals surface area (Å²) in [5, 5.41) is 40.8. The molecular formula is C20H23N3O9. The molecule has 0 aliphatic carbocycles. The van der Waals surface area contributed by atoms with Gasteiger partial charge >= 0.3 is 17.6 Å². The SMILES string of the molecule is O=C(O)C[C@H](Nc1ccn([C@@H]2O[C@H](CO)[C@@H](O)[C@@H]2O)c(=O)n1)C(=O)OCc1ccccc1. The van der Waals surface area contributed by atoms with Gasteiger partial charge in [-0.05, 0) is 11.6 Å². The molecule has 12 nitrogen and oxygen atoms in total. The van der Waals surface area contributed by atoms with Crippen molar-refractivity contribution in [1.29, 1.82) is 0 Å². The quantitative estimate of drug-likeness (QED) is 0.292. The molecule has 0 bridgehead atoms. The first kappa shape index (κ1) is 23.3. The number of hydrogen-bond donors (Lipinski definition) is 5. The highest BCUT2D eigenvalue weighted by Gasteiger charge is 2.43. The molecule has 12 heteroatoms. The molecule has 5 atom stereocenters. The summed E-state index contributed by atoms with van der Waals surface area (Å²) in [7, 11) is 0. The minimum Gasteiger partial charge on any atom is -0.481 e. The number of carboxylic acids is 1. The van der Waals surface area contributed by atoms with Gasteiger partial charge in [0.05, 0.1) is 13.0 Å². The van der Waals surface area contributed by atoms with Crippen LogP contribution in [0.5, 0.6) is 0 Å². The summed E-state index contributed by atoms with van der Waals surface area (Å²) in [6, 6.07) is 8.78. The summed E-state index contributed by atoms with van der Waals surface area (Å²) in [4.78, 5) is 39.7. The Morgan fingerprint density at radius 3 is 2.50 bits per heavy atom. The van der Waals surface area contributed by atoms with Crippen LogP contribution in [-0.2, 0) is 25.7 Å². The third-order valence-electron chi connectivity index (χ3n) is 4.83. The maximum absolute atomic E-state index is 12.4. The molecule has 1 aromatic heterocycles. The highest BCUT2D eigenvalue weighted by atomic mass is 16.6. The molecule has 0 spiro atoms. The van der Waals surface area contributed by atoms with Gasteiger partial charge in [-0.1, -0.05) is 30.3 Å². The van der Waals surface area contributed by atoms with E-state index >= 15 is 0 Å². The van der Waals surface area contributed by atoms with Crippen LogP contribution in [0.3, 0.4) is 0 Å². The van der Waals surface area contributed by atoms with Crippen molar-refractivity contribution in [1.82, 2.24) is 9.55 Å². The van der Waals surface area contributed by atoms with E-state index in [2.05, 4.69) is 10.3 Å². The van der Waals surface area contributed by atoms with Gasteiger partial charge < -0.3 is 35.2 Å². The van der Waals surface area contributed by atoms with Crippen LogP contribution in [0.25, 0.3) is 0 Å². The molecule has 32 heavy (non-hydrogen) atoms. The van der Waals surface area contributed by atoms with Crippen LogP contribution in [0.1, 0.15) is 18.2 Å². The van der Waals surface area contributed by atoms with Gasteiger partial charge in [0.25, 0.3) is 0 Å². The van der Waals surface area contributed by atoms with Gasteiger partial charge in [-0.2, -0.15) is 4.98 Å². The Morgan fingerprint density at radius 1 is 1.19 bits per heavy atom. The van der Waals surface area contributed by atoms with Crippen LogP contribution < -0.4 is 11.0 Å². The normalized spacial score (nSPS) is 23.5. The Balaban J connectivity index is 1.71. The van der Waals surface area contributed by atoms with Gasteiger partial charge in [0, 0.05) is 6.20 Å². The molecule has 1 fully saturated rings. The number of carboxylic acid groups (broad SMARTS) is 1. The number of rotatable bonds is 9. The van der Waals surface area contributed by atoms with Crippen LogP contribution in [0, 0.1) is 0 Å². The van der Waals surface area contributed by atoms with Crippen molar-refractivity contribution in [3.63, 3.8) is 0 Å². The van der Waals surface area contributed by atoms with Crippen molar-refractivity contribution in [2.24, 2.45) is 0 Å². The van der Waals surface area contributed by atoms with E-state index in [-0.39, 0.29) is 12.4 Å². The predicted molar refractivity (Wildman–Crippen MR) is 107 cm³/mol. The lowest BCUT2D eigenvalue weighted by atomic mass is 10.1. The Labute approximate surface area is 181 Å². The zero-order valence-corrected chi connectivity index (χ0v) is 16.8. The van der Waals surface area contributed by atoms with E-state index < -0.39 is 61.2 Å². The fraction of sp³-hybridized carbons (Fsp3) is 0.400. The van der Waals surface area contributed by atoms with E-state index in [1.165, 1.54) is 12.3 Å². The summed E-state index contributed by atoms with van der Waals surface area (Å²) in [6.45, 7) is -0.615. The van der Waals surface area contributed by atoms with Crippen molar-refractivity contribution in [2.45, 2.75) is 43.6 Å². The summed E-state index contributed by atoms with van der Waals surface area (Å²) >= 11 is 0. The second-order valence-corrected chi connectivity index (χ2v) is 7.12. The molecule has 1 aliphatic rings. The van der Waals surface area contributed by atoms with Gasteiger partial charge in [0.1, 0.15) is 36.8 Å². The lowest BCUT2D eigenvalue weighted by molar-refractivity contribution is -0.149. The van der Waals surface area contributed by atoms with E-state index in [4.69, 9.17) is 14.6 Å². The predicted octanol–water partition coefficient (Wildman–Crippen LogP) is -1.15. The van der Waals surface area contributed by atoms with Crippen molar-refractivity contribution < 1.29 is 39.5 Å². The van der Waals surface area contributed by atoms with Crippen molar-refractivity contribution in [3.8, 4) is 0 Å². The maximum Gasteiger partial charge on any atom is 0.351 e. The number of nitrogens with zero attached hydrogens (tertiary/aromatic N) is 2. The minimum atomic E-state index is -1.47. The first-order valence-corrected chi connectivity index (χ1v) is 9.70. The van der Waals surface area contributed by atoms with Crippen LogP contribution in [0.15, 0.2) is 47.4 Å². The molecule has 0 radical (unpaired) electrons. The highest BCUT2D eigenvalue weighted by molar-refractivity contribution is 5.84. The van der Waals surface area contributed by atoms with Crippen LogP contribution >= 0.6 is 0 Å². The molecule has 1 aliphatic heterocycles. The van der Waals surface area contributed by atoms with Crippen LogP contribution in [0.2, 0.25) is 0 Å². The molecule has 1 aromatic carbocycles. The number of aromatic nitrogens is 2. The average Bonchev–Trinajstić information content (AvgIpc) is 3.06. The monoisotopic (exact) mass is 449 g/mol. The van der Waals surface area contributed by atoms with Gasteiger partial charge in [0.15, 0.2) is 6.23 Å². The van der Waals surface area contributed by atoms with Gasteiger partial charge in [0.2, 0.25) is 0 Å². The molecule has 0 unspecified atom stereocenters. The van der Waals surface area contributed by atoms with E-state index in [1.807, 2.05) is 0 Å². The fourth-order valence-corrected chi connectivity index (χ4v) is 3.17. The summed E-state index contributed by atoms with van der Waals surface area (Å²) in [5.41, 5.74) is -0.175. The summed E-state index contributed by atoms with van der Waals surface area (Å²) in [6.07, 6.45) is -4.63. The Morgan fingerprint density at radius 2 is 1.91 bits per heavy atom. The number of nitrogens with one attached hydrogen (secondary N) is 1. The second-order valence-electron chi connectivity index (χ2n) is 7.12. The first-order valence-electron chi connectivity index (χ1n) is 9.70. The third-order valence-corrected chi connectivity index (χ3v) is 4.83. The third kappa shape index (κ3) is 5.48. The summed E-state index contributed by atoms with van der Waals surface area (Å²) < 4.78 is 11.4. The average molecular weight is 449 g/mol. The fourth-order valence-electron chi connectivity index (χ4n) is 3.17. The Kier molecular flexibility index (Phi) is 7.53. The number of carbonyl (C=O) groups excluding carboxylic acids is 1. The lowest BCUT2D eigenvalue weighted by Gasteiger charge is -2.19. The number of aliphatic hydroxyl groups excluding tert-OH is 3. The molecular weight excluding hydrogens is 426 g/mol. The number of anilines is 1. The number of benzene rings is 1. The van der Waals surface area contributed by atoms with Crippen molar-refractivity contribution in [3.05, 3.63) is 58.6 Å². The number of ether oxygens (including phenoxy) is 2. The molecule has 3 rings (SSSR count). The van der Waals surface area contributed by atoms with Gasteiger partial charge in [-0.15, -0.1) is 0 Å². The van der Waals surface area contributed by atoms with Crippen LogP contribution in [0.4, 0.5) is 5.82 Å². The highest BCUT2D eigenvalue weighted by Crippen LogP contribution is 2.28. The lowest BCUT2D eigenvalue weighted by Crippen LogP contribution is -2.37. The number of carbonyl (C=O) groups is 2. The van der Waals surface area contributed by atoms with Gasteiger partial charge in [-0.3, -0.25) is 9.36 Å². The Hall–Kier alpha value is -3.32. The first-order chi connectivity index (χ1) is 15.3. The second kappa shape index (κ2) is 10.3. The van der Waals surface area contributed by atoms with Gasteiger partial charge in [-0.25, -0.2) is 9.59 Å². The minimum absolute atomic E-state index is 0.0578. The zero-order chi connectivity index (χ0) is 23.3. The molecule has 2 aromatic rings. The number of aliphatic carboxylic acids is 1. The van der Waals surface area contributed by atoms with E-state index in [1.54, 1.807) is 30.3 Å². The topological polar surface area (TPSA) is 180 Å². The molecule has 0 amide bonds. The smallest absolute Gasteiger partial charge is 0.351 e. The number of esters is 1. The van der Waals surface area contributed by atoms with E-state index in [0.717, 1.165) is 4.57 Å². The van der Waals surface area contributed by atoms with Crippen molar-refractivity contribution >= 4 is 17.8 Å². The molecule has 172 valence electrons. The largest absolute Gasteiger partial charge is 0.481 e. The van der Waals surface area contributed by atoms with Crippen molar-refractivity contribution in [2.75, 3.05) is 11.9 Å². The maximum atomic E-state index is 12.4. The molecule has 2 heterocycles. The zero-order valence-electron chi connectivity index (χ0n) is 16.8. The standard InChI is InChI=1S/C20H23N3O9/c24-9-13-16(27)17(28)18(32-13)23-7-6-14(22-20(23)30)21-12(8-15(25)26)19(29)31-10-11-4-2-1-3-5-11/h1-7,12-13,16-18,24,27-28H,8-10H2,(H,25,26)(H,21,22,30)/t12-,13+,16+,17-,18+/m0/s1. The number of hydrogen-bond acceptors (Lipinski definition) is 10. The Bertz CT molecular complexity index is 997. The number of aliphatic hydroxyl groups is 3. The molecule has 5 N–H and O–H groups in total. The molecule has 0 saturated carbocycles. The molecule has 1 saturated heterocycles. The van der Waals surface area contributed by atoms with Crippen LogP contribution in [-0.4, -0.2) is 72.9 Å². The van der Waals surface area contributed by atoms with E-state index in [0.29, 0.717) is 5.56 Å². The summed E-state index contributed by atoms with van der Waals surface area (Å²) in [5.74, 6) is -2.20.